The van der Waals surface area contributed by atoms with E-state index < -0.39 is 0 Å². The van der Waals surface area contributed by atoms with Crippen LogP contribution in [0.5, 0.6) is 11.5 Å². The zero-order valence-electron chi connectivity index (χ0n) is 17.1. The molecule has 0 saturated carbocycles. The average molecular weight is 408 g/mol. The van der Waals surface area contributed by atoms with Crippen molar-refractivity contribution >= 4 is 11.9 Å². The van der Waals surface area contributed by atoms with Gasteiger partial charge in [0.1, 0.15) is 11.5 Å². The van der Waals surface area contributed by atoms with E-state index in [-0.39, 0.29) is 18.4 Å². The fraction of sp³-hybridized carbons (Fsp3) is 0.400. The van der Waals surface area contributed by atoms with Gasteiger partial charge in [-0.25, -0.2) is 0 Å². The molecule has 2 aromatic carbocycles. The van der Waals surface area contributed by atoms with Crippen LogP contribution in [-0.4, -0.2) is 31.6 Å². The zero-order valence-corrected chi connectivity index (χ0v) is 17.1. The highest BCUT2D eigenvalue weighted by atomic mass is 16.7. The van der Waals surface area contributed by atoms with Crippen molar-refractivity contribution in [1.29, 1.82) is 0 Å². The minimum absolute atomic E-state index is 0.0769. The molecule has 0 spiro atoms. The summed E-state index contributed by atoms with van der Waals surface area (Å²) in [6, 6.07) is 14.9. The number of ether oxygens (including phenoxy) is 4. The minimum atomic E-state index is -0.226. The maximum atomic E-state index is 12.6. The first kappa shape index (κ1) is 20.6. The Balaban J connectivity index is 1.37. The highest BCUT2D eigenvalue weighted by Crippen LogP contribution is 2.22. The third-order valence-corrected chi connectivity index (χ3v) is 5.21. The Kier molecular flexibility index (Phi) is 7.16. The number of allylic oxidation sites excluding steroid dienone is 1. The van der Waals surface area contributed by atoms with Gasteiger partial charge in [0, 0.05) is 18.4 Å². The molecule has 2 unspecified atom stereocenters. The average Bonchev–Trinajstić information content (AvgIpc) is 2.79. The maximum absolute atomic E-state index is 12.6. The third kappa shape index (κ3) is 5.94. The van der Waals surface area contributed by atoms with Crippen molar-refractivity contribution in [1.82, 2.24) is 0 Å². The van der Waals surface area contributed by atoms with Gasteiger partial charge in [0.25, 0.3) is 0 Å². The fourth-order valence-electron chi connectivity index (χ4n) is 3.59. The van der Waals surface area contributed by atoms with Crippen LogP contribution < -0.4 is 9.47 Å². The van der Waals surface area contributed by atoms with Crippen LogP contribution in [0.15, 0.2) is 54.6 Å². The molecule has 5 nitrogen and oxygen atoms in total. The molecule has 0 aromatic heterocycles. The lowest BCUT2D eigenvalue weighted by Gasteiger charge is -2.23. The van der Waals surface area contributed by atoms with Gasteiger partial charge in [-0.3, -0.25) is 4.79 Å². The lowest BCUT2D eigenvalue weighted by Crippen LogP contribution is -2.25. The van der Waals surface area contributed by atoms with E-state index >= 15 is 0 Å². The molecule has 0 radical (unpaired) electrons. The van der Waals surface area contributed by atoms with Gasteiger partial charge in [-0.15, -0.1) is 0 Å². The van der Waals surface area contributed by atoms with E-state index in [2.05, 4.69) is 0 Å². The second kappa shape index (κ2) is 10.4. The fourth-order valence-corrected chi connectivity index (χ4v) is 3.59. The SMILES string of the molecule is O=C(C=Cc1cccc(OC2CCCCO2)c1)c1cccc(OC2CCCCO2)c1. The number of hydrogen-bond acceptors (Lipinski definition) is 5. The molecule has 0 amide bonds. The molecule has 2 atom stereocenters. The van der Waals surface area contributed by atoms with Crippen LogP contribution in [0.4, 0.5) is 0 Å². The molecule has 158 valence electrons. The Bertz CT molecular complexity index is 863. The second-order valence-corrected chi connectivity index (χ2v) is 7.63. The van der Waals surface area contributed by atoms with Gasteiger partial charge >= 0.3 is 0 Å². The van der Waals surface area contributed by atoms with E-state index in [0.29, 0.717) is 11.3 Å². The summed E-state index contributed by atoms with van der Waals surface area (Å²) in [5, 5.41) is 0. The molecule has 2 aliphatic heterocycles. The van der Waals surface area contributed by atoms with Gasteiger partial charge in [-0.1, -0.05) is 30.3 Å². The summed E-state index contributed by atoms with van der Waals surface area (Å²) in [6.45, 7) is 1.47. The van der Waals surface area contributed by atoms with Gasteiger partial charge in [-0.05, 0) is 61.6 Å². The number of rotatable bonds is 7. The standard InChI is InChI=1S/C25H28O5/c26-23(20-8-6-10-22(18-20)30-25-12-2-4-16-28-25)14-13-19-7-5-9-21(17-19)29-24-11-1-3-15-27-24/h5-10,13-14,17-18,24-25H,1-4,11-12,15-16H2. The summed E-state index contributed by atoms with van der Waals surface area (Å²) in [5.74, 6) is 1.33. The van der Waals surface area contributed by atoms with E-state index in [1.165, 1.54) is 0 Å². The lowest BCUT2D eigenvalue weighted by molar-refractivity contribution is -0.106. The minimum Gasteiger partial charge on any atom is -0.465 e. The maximum Gasteiger partial charge on any atom is 0.199 e. The Hall–Kier alpha value is -2.63. The molecule has 2 aromatic rings. The molecule has 0 aliphatic carbocycles. The van der Waals surface area contributed by atoms with E-state index in [4.69, 9.17) is 18.9 Å². The molecule has 30 heavy (non-hydrogen) atoms. The molecule has 0 N–H and O–H groups in total. The smallest absolute Gasteiger partial charge is 0.199 e. The van der Waals surface area contributed by atoms with Crippen molar-refractivity contribution in [3.63, 3.8) is 0 Å². The van der Waals surface area contributed by atoms with Crippen LogP contribution in [0.2, 0.25) is 0 Å². The highest BCUT2D eigenvalue weighted by molar-refractivity contribution is 6.07. The molecular formula is C25H28O5. The van der Waals surface area contributed by atoms with Crippen LogP contribution in [-0.2, 0) is 9.47 Å². The summed E-state index contributed by atoms with van der Waals surface area (Å²) < 4.78 is 23.0. The number of carbonyl (C=O) groups is 1. The van der Waals surface area contributed by atoms with Crippen molar-refractivity contribution in [2.75, 3.05) is 13.2 Å². The summed E-state index contributed by atoms with van der Waals surface area (Å²) in [6.07, 6.45) is 9.13. The predicted octanol–water partition coefficient (Wildman–Crippen LogP) is 5.39. The molecule has 5 heteroatoms. The molecular weight excluding hydrogens is 380 g/mol. The van der Waals surface area contributed by atoms with Gasteiger partial charge in [0.05, 0.1) is 13.2 Å². The van der Waals surface area contributed by atoms with Crippen LogP contribution in [0.1, 0.15) is 54.4 Å². The van der Waals surface area contributed by atoms with Crippen molar-refractivity contribution in [2.24, 2.45) is 0 Å². The molecule has 2 saturated heterocycles. The Morgan fingerprint density at radius 3 is 2.10 bits per heavy atom. The highest BCUT2D eigenvalue weighted by Gasteiger charge is 2.16. The first-order valence-electron chi connectivity index (χ1n) is 10.8. The molecule has 2 fully saturated rings. The van der Waals surface area contributed by atoms with E-state index in [1.54, 1.807) is 24.3 Å². The van der Waals surface area contributed by atoms with Crippen molar-refractivity contribution in [3.8, 4) is 11.5 Å². The second-order valence-electron chi connectivity index (χ2n) is 7.63. The van der Waals surface area contributed by atoms with Gasteiger partial charge < -0.3 is 18.9 Å². The summed E-state index contributed by atoms with van der Waals surface area (Å²) >= 11 is 0. The predicted molar refractivity (Wildman–Crippen MR) is 115 cm³/mol. The monoisotopic (exact) mass is 408 g/mol. The quantitative estimate of drug-likeness (QED) is 0.454. The van der Waals surface area contributed by atoms with E-state index in [9.17, 15) is 4.79 Å². The van der Waals surface area contributed by atoms with Crippen molar-refractivity contribution in [3.05, 3.63) is 65.7 Å². The zero-order chi connectivity index (χ0) is 20.6. The summed E-state index contributed by atoms with van der Waals surface area (Å²) in [5.41, 5.74) is 1.49. The Morgan fingerprint density at radius 2 is 1.47 bits per heavy atom. The first-order valence-corrected chi connectivity index (χ1v) is 10.8. The largest absolute Gasteiger partial charge is 0.465 e. The molecule has 2 aliphatic rings. The Labute approximate surface area is 177 Å². The van der Waals surface area contributed by atoms with Crippen LogP contribution in [0.3, 0.4) is 0 Å². The van der Waals surface area contributed by atoms with E-state index in [0.717, 1.165) is 63.1 Å². The van der Waals surface area contributed by atoms with Crippen LogP contribution in [0.25, 0.3) is 6.08 Å². The van der Waals surface area contributed by atoms with Gasteiger partial charge in [-0.2, -0.15) is 0 Å². The first-order chi connectivity index (χ1) is 14.8. The summed E-state index contributed by atoms with van der Waals surface area (Å²) in [4.78, 5) is 12.6. The topological polar surface area (TPSA) is 54.0 Å². The number of ketones is 1. The molecule has 0 bridgehead atoms. The van der Waals surface area contributed by atoms with Gasteiger partial charge in [0.2, 0.25) is 0 Å². The number of hydrogen-bond donors (Lipinski definition) is 0. The summed E-state index contributed by atoms with van der Waals surface area (Å²) in [7, 11) is 0. The van der Waals surface area contributed by atoms with Crippen LogP contribution >= 0.6 is 0 Å². The van der Waals surface area contributed by atoms with Crippen molar-refractivity contribution < 1.29 is 23.7 Å². The molecule has 4 rings (SSSR count). The van der Waals surface area contributed by atoms with Crippen molar-refractivity contribution in [2.45, 2.75) is 51.1 Å². The van der Waals surface area contributed by atoms with Crippen LogP contribution in [0, 0.1) is 0 Å². The molecule has 2 heterocycles. The van der Waals surface area contributed by atoms with E-state index in [1.807, 2.05) is 36.4 Å². The third-order valence-electron chi connectivity index (χ3n) is 5.21. The number of carbonyl (C=O) groups excluding carboxylic acids is 1. The lowest BCUT2D eigenvalue weighted by atomic mass is 10.1. The Morgan fingerprint density at radius 1 is 0.833 bits per heavy atom. The van der Waals surface area contributed by atoms with Gasteiger partial charge in [0.15, 0.2) is 18.4 Å². The number of benzene rings is 2. The normalized spacial score (nSPS) is 22.0.